The van der Waals surface area contributed by atoms with Gasteiger partial charge in [0.2, 0.25) is 0 Å². The topological polar surface area (TPSA) is 40.5 Å². The van der Waals surface area contributed by atoms with E-state index in [1.54, 1.807) is 0 Å². The van der Waals surface area contributed by atoms with Crippen LogP contribution in [0.4, 0.5) is 0 Å². The van der Waals surface area contributed by atoms with Crippen LogP contribution < -0.4 is 0 Å². The maximum absolute atomic E-state index is 10.6. The molecule has 96 valence electrons. The quantitative estimate of drug-likeness (QED) is 0.832. The van der Waals surface area contributed by atoms with Gasteiger partial charge < -0.3 is 5.11 Å². The first-order valence-corrected chi connectivity index (χ1v) is 6.34. The van der Waals surface area contributed by atoms with Crippen LogP contribution >= 0.6 is 0 Å². The van der Waals surface area contributed by atoms with Crippen molar-refractivity contribution in [1.29, 1.82) is 0 Å². The molecule has 1 aliphatic rings. The van der Waals surface area contributed by atoms with E-state index in [-0.39, 0.29) is 0 Å². The lowest BCUT2D eigenvalue weighted by molar-refractivity contribution is -0.131. The van der Waals surface area contributed by atoms with Crippen LogP contribution in [0.1, 0.15) is 24.5 Å². The van der Waals surface area contributed by atoms with Crippen molar-refractivity contribution in [3.05, 3.63) is 47.0 Å². The Morgan fingerprint density at radius 2 is 2.11 bits per heavy atom. The highest BCUT2D eigenvalue weighted by atomic mass is 16.4. The summed E-state index contributed by atoms with van der Waals surface area (Å²) >= 11 is 0. The number of rotatable bonds is 3. The highest BCUT2D eigenvalue weighted by Crippen LogP contribution is 2.18. The van der Waals surface area contributed by atoms with Crippen LogP contribution in [0.5, 0.6) is 0 Å². The Bertz CT molecular complexity index is 465. The molecule has 18 heavy (non-hydrogen) atoms. The van der Waals surface area contributed by atoms with Gasteiger partial charge in [-0.1, -0.05) is 29.8 Å². The molecule has 1 aromatic carbocycles. The third-order valence-corrected chi connectivity index (χ3v) is 3.28. The summed E-state index contributed by atoms with van der Waals surface area (Å²) in [5.74, 6) is -0.859. The summed E-state index contributed by atoms with van der Waals surface area (Å²) < 4.78 is 0. The van der Waals surface area contributed by atoms with Crippen molar-refractivity contribution in [2.75, 3.05) is 13.1 Å². The summed E-state index contributed by atoms with van der Waals surface area (Å²) in [5, 5.41) is 8.73. The lowest BCUT2D eigenvalue weighted by Gasteiger charge is -2.20. The van der Waals surface area contributed by atoms with E-state index in [1.807, 2.05) is 6.92 Å². The van der Waals surface area contributed by atoms with Gasteiger partial charge in [-0.2, -0.15) is 0 Å². The van der Waals surface area contributed by atoms with Crippen LogP contribution in [-0.4, -0.2) is 29.1 Å². The first-order valence-electron chi connectivity index (χ1n) is 6.34. The second-order valence-electron chi connectivity index (χ2n) is 4.91. The fourth-order valence-corrected chi connectivity index (χ4v) is 2.51. The zero-order chi connectivity index (χ0) is 13.0. The van der Waals surface area contributed by atoms with Gasteiger partial charge >= 0.3 is 5.97 Å². The third-order valence-electron chi connectivity index (χ3n) is 3.28. The van der Waals surface area contributed by atoms with Crippen LogP contribution in [-0.2, 0) is 17.8 Å². The molecule has 2 rings (SSSR count). The Morgan fingerprint density at radius 1 is 1.39 bits per heavy atom. The average molecular weight is 245 g/mol. The third kappa shape index (κ3) is 3.44. The number of carbonyl (C=O) groups is 1. The Labute approximate surface area is 108 Å². The molecule has 3 heteroatoms. The minimum absolute atomic E-state index is 0.737. The van der Waals surface area contributed by atoms with E-state index in [9.17, 15) is 4.79 Å². The number of hydrogen-bond donors (Lipinski definition) is 1. The van der Waals surface area contributed by atoms with Crippen molar-refractivity contribution in [3.8, 4) is 0 Å². The number of hydrogen-bond acceptors (Lipinski definition) is 2. The van der Waals surface area contributed by atoms with Crippen LogP contribution in [0.25, 0.3) is 0 Å². The van der Waals surface area contributed by atoms with Crippen molar-refractivity contribution in [2.24, 2.45) is 0 Å². The van der Waals surface area contributed by atoms with Gasteiger partial charge in [-0.05, 0) is 37.4 Å². The van der Waals surface area contributed by atoms with Crippen molar-refractivity contribution in [1.82, 2.24) is 4.90 Å². The molecule has 0 radical (unpaired) electrons. The largest absolute Gasteiger partial charge is 0.478 e. The number of nitrogens with zero attached hydrogens (tertiary/aromatic N) is 1. The molecule has 0 aliphatic carbocycles. The molecule has 1 aromatic rings. The van der Waals surface area contributed by atoms with Gasteiger partial charge in [0.05, 0.1) is 0 Å². The molecule has 0 unspecified atom stereocenters. The molecular formula is C15H19NO2. The summed E-state index contributed by atoms with van der Waals surface area (Å²) in [6.07, 6.45) is 3.56. The molecule has 1 aliphatic heterocycles. The van der Waals surface area contributed by atoms with Crippen LogP contribution in [0.15, 0.2) is 35.9 Å². The number of benzene rings is 1. The summed E-state index contributed by atoms with van der Waals surface area (Å²) in [7, 11) is 0. The molecule has 3 nitrogen and oxygen atoms in total. The van der Waals surface area contributed by atoms with E-state index in [2.05, 4.69) is 29.2 Å². The van der Waals surface area contributed by atoms with Gasteiger partial charge in [-0.15, -0.1) is 0 Å². The number of carboxylic acid groups (broad SMARTS) is 1. The van der Waals surface area contributed by atoms with Gasteiger partial charge in [0.25, 0.3) is 0 Å². The lowest BCUT2D eigenvalue weighted by atomic mass is 10.0. The Kier molecular flexibility index (Phi) is 4.15. The van der Waals surface area contributed by atoms with E-state index in [0.29, 0.717) is 0 Å². The summed E-state index contributed by atoms with van der Waals surface area (Å²) in [4.78, 5) is 12.9. The average Bonchev–Trinajstić information content (AvgIpc) is 2.49. The van der Waals surface area contributed by atoms with Crippen LogP contribution in [0.3, 0.4) is 0 Å². The van der Waals surface area contributed by atoms with Crippen molar-refractivity contribution in [3.63, 3.8) is 0 Å². The zero-order valence-corrected chi connectivity index (χ0v) is 10.7. The van der Waals surface area contributed by atoms with E-state index >= 15 is 0 Å². The second kappa shape index (κ2) is 5.83. The lowest BCUT2D eigenvalue weighted by Crippen LogP contribution is -2.25. The van der Waals surface area contributed by atoms with Gasteiger partial charge in [-0.3, -0.25) is 4.90 Å². The molecule has 0 atom stereocenters. The van der Waals surface area contributed by atoms with E-state index < -0.39 is 5.97 Å². The van der Waals surface area contributed by atoms with Gasteiger partial charge in [-0.25, -0.2) is 4.79 Å². The summed E-state index contributed by atoms with van der Waals surface area (Å²) in [6.45, 7) is 4.56. The first-order chi connectivity index (χ1) is 8.65. The highest BCUT2D eigenvalue weighted by Gasteiger charge is 2.14. The minimum atomic E-state index is -0.859. The maximum Gasteiger partial charge on any atom is 0.328 e. The van der Waals surface area contributed by atoms with Crippen molar-refractivity contribution >= 4 is 5.97 Å². The number of aliphatic carboxylic acids is 1. The Morgan fingerprint density at radius 3 is 2.83 bits per heavy atom. The normalized spacial score (nSPS) is 17.1. The zero-order valence-electron chi connectivity index (χ0n) is 10.7. The van der Waals surface area contributed by atoms with E-state index in [1.165, 1.54) is 17.2 Å². The second-order valence-corrected chi connectivity index (χ2v) is 4.91. The molecule has 1 N–H and O–H groups in total. The number of carboxylic acids is 1. The van der Waals surface area contributed by atoms with Gasteiger partial charge in [0.1, 0.15) is 0 Å². The standard InChI is InChI=1S/C15H19NO2/c1-12(9-15(17)18)10-16-8-4-7-13-5-2-3-6-14(13)11-16/h2-3,5-6,9H,4,7-8,10-11H2,1H3,(H,17,18). The Hall–Kier alpha value is -1.61. The molecular weight excluding hydrogens is 226 g/mol. The molecule has 0 spiro atoms. The van der Waals surface area contributed by atoms with Crippen molar-refractivity contribution in [2.45, 2.75) is 26.3 Å². The Balaban J connectivity index is 2.06. The predicted octanol–water partition coefficient (Wildman–Crippen LogP) is 2.47. The molecule has 0 amide bonds. The molecule has 0 saturated heterocycles. The van der Waals surface area contributed by atoms with Crippen molar-refractivity contribution < 1.29 is 9.90 Å². The molecule has 0 fully saturated rings. The number of fused-ring (bicyclic) bond motifs is 1. The minimum Gasteiger partial charge on any atom is -0.478 e. The molecule has 0 bridgehead atoms. The molecule has 0 saturated carbocycles. The van der Waals surface area contributed by atoms with Crippen LogP contribution in [0, 0.1) is 0 Å². The smallest absolute Gasteiger partial charge is 0.328 e. The van der Waals surface area contributed by atoms with Gasteiger partial charge in [0, 0.05) is 19.2 Å². The SMILES string of the molecule is CC(=CC(=O)O)CN1CCCc2ccccc2C1. The predicted molar refractivity (Wildman–Crippen MR) is 71.4 cm³/mol. The number of aryl methyl sites for hydroxylation is 1. The van der Waals surface area contributed by atoms with E-state index in [0.717, 1.165) is 38.0 Å². The van der Waals surface area contributed by atoms with Crippen LogP contribution in [0.2, 0.25) is 0 Å². The monoisotopic (exact) mass is 245 g/mol. The first kappa shape index (κ1) is 12.8. The fourth-order valence-electron chi connectivity index (χ4n) is 2.51. The highest BCUT2D eigenvalue weighted by molar-refractivity contribution is 5.80. The maximum atomic E-state index is 10.6. The van der Waals surface area contributed by atoms with Gasteiger partial charge in [0.15, 0.2) is 0 Å². The molecule has 1 heterocycles. The molecule has 0 aromatic heterocycles. The summed E-state index contributed by atoms with van der Waals surface area (Å²) in [5.41, 5.74) is 3.71. The summed E-state index contributed by atoms with van der Waals surface area (Å²) in [6, 6.07) is 8.52. The fraction of sp³-hybridized carbons (Fsp3) is 0.400. The van der Waals surface area contributed by atoms with E-state index in [4.69, 9.17) is 5.11 Å².